The average Bonchev–Trinajstić information content (AvgIpc) is 2.35. The van der Waals surface area contributed by atoms with E-state index < -0.39 is 0 Å². The highest BCUT2D eigenvalue weighted by molar-refractivity contribution is 5.62. The third kappa shape index (κ3) is 3.92. The standard InChI is InChI=1S/C7H9N.C6H8N2/c1-8-7-5-3-2-4-6-7;7-5-3-1-2-4-6(5)8/h2-6,8H,1H3;1-4H,7-8H2. The highest BCUT2D eigenvalue weighted by Crippen LogP contribution is 2.10. The molecule has 0 saturated heterocycles. The van der Waals surface area contributed by atoms with Crippen LogP contribution in [-0.2, 0) is 0 Å². The Morgan fingerprint density at radius 2 is 1.19 bits per heavy atom. The molecular formula is C13H17N3. The van der Waals surface area contributed by atoms with Crippen LogP contribution in [0.5, 0.6) is 0 Å². The van der Waals surface area contributed by atoms with Gasteiger partial charge in [-0.25, -0.2) is 0 Å². The van der Waals surface area contributed by atoms with Crippen LogP contribution >= 0.6 is 0 Å². The average molecular weight is 215 g/mol. The molecule has 0 unspecified atom stereocenters. The summed E-state index contributed by atoms with van der Waals surface area (Å²) in [6, 6.07) is 17.3. The Morgan fingerprint density at radius 3 is 1.50 bits per heavy atom. The number of benzene rings is 2. The van der Waals surface area contributed by atoms with Crippen LogP contribution in [0.3, 0.4) is 0 Å². The third-order valence-corrected chi connectivity index (χ3v) is 2.06. The molecule has 2 aromatic rings. The summed E-state index contributed by atoms with van der Waals surface area (Å²) in [6.45, 7) is 0. The second kappa shape index (κ2) is 6.35. The zero-order valence-corrected chi connectivity index (χ0v) is 9.35. The monoisotopic (exact) mass is 215 g/mol. The van der Waals surface area contributed by atoms with Crippen LogP contribution in [0.25, 0.3) is 0 Å². The number of anilines is 3. The molecule has 3 nitrogen and oxygen atoms in total. The molecule has 0 atom stereocenters. The van der Waals surface area contributed by atoms with Crippen molar-refractivity contribution in [3.05, 3.63) is 54.6 Å². The molecule has 0 radical (unpaired) electrons. The minimum absolute atomic E-state index is 0.646. The van der Waals surface area contributed by atoms with Crippen molar-refractivity contribution >= 4 is 17.1 Å². The maximum absolute atomic E-state index is 5.39. The first-order valence-corrected chi connectivity index (χ1v) is 5.07. The van der Waals surface area contributed by atoms with Crippen molar-refractivity contribution in [2.45, 2.75) is 0 Å². The molecule has 0 bridgehead atoms. The zero-order valence-electron chi connectivity index (χ0n) is 9.35. The van der Waals surface area contributed by atoms with Crippen molar-refractivity contribution in [2.24, 2.45) is 0 Å². The Bertz CT molecular complexity index is 392. The molecule has 0 aliphatic carbocycles. The molecule has 2 rings (SSSR count). The molecular weight excluding hydrogens is 198 g/mol. The minimum Gasteiger partial charge on any atom is -0.397 e. The van der Waals surface area contributed by atoms with Gasteiger partial charge < -0.3 is 16.8 Å². The lowest BCUT2D eigenvalue weighted by Gasteiger charge is -1.94. The number of para-hydroxylation sites is 3. The van der Waals surface area contributed by atoms with Gasteiger partial charge in [0.25, 0.3) is 0 Å². The Balaban J connectivity index is 0.000000160. The van der Waals surface area contributed by atoms with Gasteiger partial charge in [0.05, 0.1) is 11.4 Å². The van der Waals surface area contributed by atoms with E-state index in [1.165, 1.54) is 0 Å². The summed E-state index contributed by atoms with van der Waals surface area (Å²) >= 11 is 0. The normalized spacial score (nSPS) is 8.81. The van der Waals surface area contributed by atoms with E-state index in [1.54, 1.807) is 12.1 Å². The Kier molecular flexibility index (Phi) is 4.73. The fourth-order valence-corrected chi connectivity index (χ4v) is 1.12. The van der Waals surface area contributed by atoms with Crippen molar-refractivity contribution in [1.82, 2.24) is 0 Å². The molecule has 0 aromatic heterocycles. The van der Waals surface area contributed by atoms with E-state index in [9.17, 15) is 0 Å². The van der Waals surface area contributed by atoms with Crippen LogP contribution in [0.4, 0.5) is 17.1 Å². The van der Waals surface area contributed by atoms with E-state index >= 15 is 0 Å². The largest absolute Gasteiger partial charge is 0.397 e. The Hall–Kier alpha value is -2.16. The zero-order chi connectivity index (χ0) is 11.8. The van der Waals surface area contributed by atoms with E-state index in [4.69, 9.17) is 11.5 Å². The fraction of sp³-hybridized carbons (Fsp3) is 0.0769. The number of nitrogen functional groups attached to an aromatic ring is 2. The Morgan fingerprint density at radius 1 is 0.750 bits per heavy atom. The first kappa shape index (κ1) is 11.9. The maximum Gasteiger partial charge on any atom is 0.0547 e. The Labute approximate surface area is 96.1 Å². The van der Waals surface area contributed by atoms with Crippen LogP contribution in [0, 0.1) is 0 Å². The van der Waals surface area contributed by atoms with Crippen molar-refractivity contribution in [1.29, 1.82) is 0 Å². The summed E-state index contributed by atoms with van der Waals surface area (Å²) in [5, 5.41) is 3.03. The van der Waals surface area contributed by atoms with Gasteiger partial charge in [0.2, 0.25) is 0 Å². The summed E-state index contributed by atoms with van der Waals surface area (Å²) in [5.41, 5.74) is 13.2. The molecule has 0 aliphatic rings. The molecule has 0 aliphatic heterocycles. The smallest absolute Gasteiger partial charge is 0.0547 e. The first-order valence-electron chi connectivity index (χ1n) is 5.07. The predicted octanol–water partition coefficient (Wildman–Crippen LogP) is 2.58. The highest BCUT2D eigenvalue weighted by atomic mass is 14.8. The lowest BCUT2D eigenvalue weighted by atomic mass is 10.3. The van der Waals surface area contributed by atoms with Gasteiger partial charge in [-0.3, -0.25) is 0 Å². The molecule has 3 heteroatoms. The fourth-order valence-electron chi connectivity index (χ4n) is 1.12. The van der Waals surface area contributed by atoms with Gasteiger partial charge in [-0.05, 0) is 24.3 Å². The quantitative estimate of drug-likeness (QED) is 0.641. The van der Waals surface area contributed by atoms with Gasteiger partial charge in [-0.1, -0.05) is 30.3 Å². The SMILES string of the molecule is CNc1ccccc1.Nc1ccccc1N. The van der Waals surface area contributed by atoms with Crippen molar-refractivity contribution < 1.29 is 0 Å². The lowest BCUT2D eigenvalue weighted by molar-refractivity contribution is 1.51. The predicted molar refractivity (Wildman–Crippen MR) is 71.3 cm³/mol. The number of hydrogen-bond donors (Lipinski definition) is 3. The molecule has 16 heavy (non-hydrogen) atoms. The van der Waals surface area contributed by atoms with E-state index in [-0.39, 0.29) is 0 Å². The topological polar surface area (TPSA) is 64.1 Å². The number of hydrogen-bond acceptors (Lipinski definition) is 3. The summed E-state index contributed by atoms with van der Waals surface area (Å²) in [7, 11) is 1.91. The van der Waals surface area contributed by atoms with E-state index in [0.717, 1.165) is 5.69 Å². The van der Waals surface area contributed by atoms with Gasteiger partial charge in [0.15, 0.2) is 0 Å². The lowest BCUT2D eigenvalue weighted by Crippen LogP contribution is -1.91. The maximum atomic E-state index is 5.39. The van der Waals surface area contributed by atoms with Crippen molar-refractivity contribution in [3.63, 3.8) is 0 Å². The highest BCUT2D eigenvalue weighted by Gasteiger charge is 1.85. The van der Waals surface area contributed by atoms with E-state index in [2.05, 4.69) is 5.32 Å². The van der Waals surface area contributed by atoms with Crippen molar-refractivity contribution in [2.75, 3.05) is 23.8 Å². The molecule has 0 spiro atoms. The first-order chi connectivity index (χ1) is 7.74. The van der Waals surface area contributed by atoms with Crippen LogP contribution < -0.4 is 16.8 Å². The van der Waals surface area contributed by atoms with Crippen LogP contribution in [0.15, 0.2) is 54.6 Å². The molecule has 0 heterocycles. The second-order valence-corrected chi connectivity index (χ2v) is 3.24. The summed E-state index contributed by atoms with van der Waals surface area (Å²) in [4.78, 5) is 0. The number of nitrogens with two attached hydrogens (primary N) is 2. The molecule has 0 amide bonds. The second-order valence-electron chi connectivity index (χ2n) is 3.24. The number of nitrogens with one attached hydrogen (secondary N) is 1. The summed E-state index contributed by atoms with van der Waals surface area (Å²) in [5.74, 6) is 0. The molecule has 5 N–H and O–H groups in total. The number of rotatable bonds is 1. The third-order valence-electron chi connectivity index (χ3n) is 2.06. The van der Waals surface area contributed by atoms with Crippen LogP contribution in [0.1, 0.15) is 0 Å². The molecule has 0 fully saturated rings. The van der Waals surface area contributed by atoms with Gasteiger partial charge in [0.1, 0.15) is 0 Å². The summed E-state index contributed by atoms with van der Waals surface area (Å²) in [6.07, 6.45) is 0. The molecule has 84 valence electrons. The van der Waals surface area contributed by atoms with Gasteiger partial charge in [0, 0.05) is 12.7 Å². The van der Waals surface area contributed by atoms with Crippen LogP contribution in [0.2, 0.25) is 0 Å². The minimum atomic E-state index is 0.646. The van der Waals surface area contributed by atoms with E-state index in [1.807, 2.05) is 49.5 Å². The van der Waals surface area contributed by atoms with Crippen LogP contribution in [-0.4, -0.2) is 7.05 Å². The summed E-state index contributed by atoms with van der Waals surface area (Å²) < 4.78 is 0. The molecule has 2 aromatic carbocycles. The van der Waals surface area contributed by atoms with Gasteiger partial charge >= 0.3 is 0 Å². The molecule has 0 saturated carbocycles. The van der Waals surface area contributed by atoms with Gasteiger partial charge in [-0.15, -0.1) is 0 Å². The van der Waals surface area contributed by atoms with E-state index in [0.29, 0.717) is 11.4 Å². The van der Waals surface area contributed by atoms with Crippen molar-refractivity contribution in [3.8, 4) is 0 Å². The van der Waals surface area contributed by atoms with Gasteiger partial charge in [-0.2, -0.15) is 0 Å².